The van der Waals surface area contributed by atoms with Gasteiger partial charge in [0, 0.05) is 16.0 Å². The van der Waals surface area contributed by atoms with Gasteiger partial charge >= 0.3 is 0 Å². The fourth-order valence-corrected chi connectivity index (χ4v) is 2.72. The average Bonchev–Trinajstić information content (AvgIpc) is 2.84. The predicted octanol–water partition coefficient (Wildman–Crippen LogP) is 4.04. The Bertz CT molecular complexity index is 480. The number of thioether (sulfide) groups is 1. The molecule has 2 nitrogen and oxygen atoms in total. The number of benzene rings is 1. The van der Waals surface area contributed by atoms with E-state index in [1.165, 1.54) is 9.90 Å². The Labute approximate surface area is 110 Å². The van der Waals surface area contributed by atoms with Crippen LogP contribution in [0.5, 0.6) is 0 Å². The first-order chi connectivity index (χ1) is 8.31. The molecule has 0 aliphatic carbocycles. The first-order valence-electron chi connectivity index (χ1n) is 5.63. The molecule has 0 amide bonds. The van der Waals surface area contributed by atoms with E-state index in [2.05, 4.69) is 53.1 Å². The summed E-state index contributed by atoms with van der Waals surface area (Å²) < 4.78 is 0. The van der Waals surface area contributed by atoms with Crippen molar-refractivity contribution in [2.75, 3.05) is 11.6 Å². The van der Waals surface area contributed by atoms with Crippen molar-refractivity contribution in [2.45, 2.75) is 24.8 Å². The van der Waals surface area contributed by atoms with Crippen molar-refractivity contribution in [3.63, 3.8) is 0 Å². The summed E-state index contributed by atoms with van der Waals surface area (Å²) in [7, 11) is 0. The number of hydrogen-bond donors (Lipinski definition) is 1. The topological polar surface area (TPSA) is 24.9 Å². The molecule has 0 saturated carbocycles. The summed E-state index contributed by atoms with van der Waals surface area (Å²) in [5, 5.41) is 6.74. The SMILES string of the molecule is CCc1nc(CNc2cccc(SC)c2)cs1. The second kappa shape index (κ2) is 6.07. The zero-order chi connectivity index (χ0) is 12.1. The molecular weight excluding hydrogens is 248 g/mol. The molecule has 4 heteroatoms. The molecule has 1 N–H and O–H groups in total. The van der Waals surface area contributed by atoms with Gasteiger partial charge in [0.15, 0.2) is 0 Å². The maximum Gasteiger partial charge on any atom is 0.0926 e. The smallest absolute Gasteiger partial charge is 0.0926 e. The van der Waals surface area contributed by atoms with Crippen molar-refractivity contribution in [1.29, 1.82) is 0 Å². The van der Waals surface area contributed by atoms with Gasteiger partial charge in [-0.3, -0.25) is 0 Å². The van der Waals surface area contributed by atoms with E-state index in [9.17, 15) is 0 Å². The molecular formula is C13H16N2S2. The van der Waals surface area contributed by atoms with Gasteiger partial charge in [-0.15, -0.1) is 23.1 Å². The highest BCUT2D eigenvalue weighted by Crippen LogP contribution is 2.19. The normalized spacial score (nSPS) is 10.5. The van der Waals surface area contributed by atoms with Crippen molar-refractivity contribution in [3.05, 3.63) is 40.3 Å². The van der Waals surface area contributed by atoms with E-state index < -0.39 is 0 Å². The number of thiazole rings is 1. The zero-order valence-electron chi connectivity index (χ0n) is 10.1. The molecule has 1 aromatic carbocycles. The van der Waals surface area contributed by atoms with E-state index in [0.717, 1.165) is 24.3 Å². The van der Waals surface area contributed by atoms with Crippen LogP contribution in [-0.2, 0) is 13.0 Å². The third kappa shape index (κ3) is 3.48. The maximum absolute atomic E-state index is 4.54. The van der Waals surface area contributed by atoms with Crippen LogP contribution in [0, 0.1) is 0 Å². The van der Waals surface area contributed by atoms with Crippen molar-refractivity contribution in [3.8, 4) is 0 Å². The van der Waals surface area contributed by atoms with Crippen molar-refractivity contribution < 1.29 is 0 Å². The largest absolute Gasteiger partial charge is 0.379 e. The minimum Gasteiger partial charge on any atom is -0.379 e. The second-order valence-electron chi connectivity index (χ2n) is 3.67. The Kier molecular flexibility index (Phi) is 4.45. The highest BCUT2D eigenvalue weighted by molar-refractivity contribution is 7.98. The number of rotatable bonds is 5. The summed E-state index contributed by atoms with van der Waals surface area (Å²) in [6.45, 7) is 2.94. The fourth-order valence-electron chi connectivity index (χ4n) is 1.52. The number of aromatic nitrogens is 1. The number of anilines is 1. The van der Waals surface area contributed by atoms with E-state index in [-0.39, 0.29) is 0 Å². The third-order valence-corrected chi connectivity index (χ3v) is 4.21. The van der Waals surface area contributed by atoms with E-state index in [1.807, 2.05) is 0 Å². The van der Waals surface area contributed by atoms with Crippen LogP contribution in [0.1, 0.15) is 17.6 Å². The van der Waals surface area contributed by atoms with Gasteiger partial charge in [0.05, 0.1) is 17.2 Å². The lowest BCUT2D eigenvalue weighted by Crippen LogP contribution is -1.99. The van der Waals surface area contributed by atoms with E-state index in [0.29, 0.717) is 0 Å². The minimum atomic E-state index is 0.800. The van der Waals surface area contributed by atoms with Crippen molar-refractivity contribution in [2.24, 2.45) is 0 Å². The van der Waals surface area contributed by atoms with E-state index in [4.69, 9.17) is 0 Å². The quantitative estimate of drug-likeness (QED) is 0.825. The molecule has 0 aliphatic heterocycles. The lowest BCUT2D eigenvalue weighted by molar-refractivity contribution is 1.01. The van der Waals surface area contributed by atoms with Crippen LogP contribution in [0.25, 0.3) is 0 Å². The molecule has 0 radical (unpaired) electrons. The first-order valence-corrected chi connectivity index (χ1v) is 7.73. The number of nitrogens with zero attached hydrogens (tertiary/aromatic N) is 1. The summed E-state index contributed by atoms with van der Waals surface area (Å²) in [6, 6.07) is 8.45. The van der Waals surface area contributed by atoms with Crippen LogP contribution >= 0.6 is 23.1 Å². The summed E-state index contributed by atoms with van der Waals surface area (Å²) >= 11 is 3.50. The predicted molar refractivity (Wildman–Crippen MR) is 77.0 cm³/mol. The van der Waals surface area contributed by atoms with Gasteiger partial charge in [-0.05, 0) is 30.9 Å². The molecule has 1 aromatic heterocycles. The number of hydrogen-bond acceptors (Lipinski definition) is 4. The molecule has 2 rings (SSSR count). The fraction of sp³-hybridized carbons (Fsp3) is 0.308. The third-order valence-electron chi connectivity index (χ3n) is 2.45. The Hall–Kier alpha value is -1.00. The molecule has 1 heterocycles. The van der Waals surface area contributed by atoms with Gasteiger partial charge in [0.2, 0.25) is 0 Å². The van der Waals surface area contributed by atoms with Crippen LogP contribution in [0.4, 0.5) is 5.69 Å². The zero-order valence-corrected chi connectivity index (χ0v) is 11.7. The van der Waals surface area contributed by atoms with Gasteiger partial charge in [0.25, 0.3) is 0 Å². The number of nitrogens with one attached hydrogen (secondary N) is 1. The number of aryl methyl sites for hydroxylation is 1. The summed E-state index contributed by atoms with van der Waals surface area (Å²) in [6.07, 6.45) is 3.11. The molecule has 17 heavy (non-hydrogen) atoms. The maximum atomic E-state index is 4.54. The van der Waals surface area contributed by atoms with Crippen LogP contribution in [0.15, 0.2) is 34.5 Å². The highest BCUT2D eigenvalue weighted by atomic mass is 32.2. The van der Waals surface area contributed by atoms with Gasteiger partial charge in [-0.2, -0.15) is 0 Å². The van der Waals surface area contributed by atoms with Gasteiger partial charge in [-0.1, -0.05) is 13.0 Å². The molecule has 90 valence electrons. The molecule has 0 fully saturated rings. The Balaban J connectivity index is 1.96. The molecule has 2 aromatic rings. The molecule has 0 bridgehead atoms. The van der Waals surface area contributed by atoms with Crippen molar-refractivity contribution in [1.82, 2.24) is 4.98 Å². The molecule has 0 saturated heterocycles. The van der Waals surface area contributed by atoms with E-state index >= 15 is 0 Å². The second-order valence-corrected chi connectivity index (χ2v) is 5.49. The first kappa shape index (κ1) is 12.5. The van der Waals surface area contributed by atoms with Crippen LogP contribution in [0.3, 0.4) is 0 Å². The monoisotopic (exact) mass is 264 g/mol. The molecule has 0 unspecified atom stereocenters. The van der Waals surface area contributed by atoms with Gasteiger partial charge in [0.1, 0.15) is 0 Å². The van der Waals surface area contributed by atoms with Crippen LogP contribution < -0.4 is 5.32 Å². The lowest BCUT2D eigenvalue weighted by Gasteiger charge is -2.05. The van der Waals surface area contributed by atoms with E-state index in [1.54, 1.807) is 23.1 Å². The molecule has 0 aliphatic rings. The van der Waals surface area contributed by atoms with Gasteiger partial charge < -0.3 is 5.32 Å². The Morgan fingerprint density at radius 1 is 1.41 bits per heavy atom. The van der Waals surface area contributed by atoms with Crippen LogP contribution in [-0.4, -0.2) is 11.2 Å². The Morgan fingerprint density at radius 2 is 2.29 bits per heavy atom. The summed E-state index contributed by atoms with van der Waals surface area (Å²) in [4.78, 5) is 5.82. The lowest BCUT2D eigenvalue weighted by atomic mass is 10.3. The summed E-state index contributed by atoms with van der Waals surface area (Å²) in [5.41, 5.74) is 2.28. The van der Waals surface area contributed by atoms with Gasteiger partial charge in [-0.25, -0.2) is 4.98 Å². The standard InChI is InChI=1S/C13H16N2S2/c1-3-13-15-11(9-17-13)8-14-10-5-4-6-12(7-10)16-2/h4-7,9,14H,3,8H2,1-2H3. The summed E-state index contributed by atoms with van der Waals surface area (Å²) in [5.74, 6) is 0. The molecule has 0 spiro atoms. The average molecular weight is 264 g/mol. The Morgan fingerprint density at radius 3 is 3.00 bits per heavy atom. The van der Waals surface area contributed by atoms with Crippen molar-refractivity contribution >= 4 is 28.8 Å². The molecule has 0 atom stereocenters. The minimum absolute atomic E-state index is 0.800. The van der Waals surface area contributed by atoms with Crippen LogP contribution in [0.2, 0.25) is 0 Å². The highest BCUT2D eigenvalue weighted by Gasteiger charge is 2.00.